The van der Waals surface area contributed by atoms with Gasteiger partial charge in [0.25, 0.3) is 0 Å². The van der Waals surface area contributed by atoms with Crippen LogP contribution in [0, 0.1) is 6.92 Å². The fourth-order valence-corrected chi connectivity index (χ4v) is 3.49. The van der Waals surface area contributed by atoms with Crippen molar-refractivity contribution in [1.29, 1.82) is 0 Å². The molecule has 0 unspecified atom stereocenters. The van der Waals surface area contributed by atoms with E-state index in [1.807, 2.05) is 73.7 Å². The average Bonchev–Trinajstić information content (AvgIpc) is 2.60. The maximum atomic E-state index is 12.1. The van der Waals surface area contributed by atoms with Crippen molar-refractivity contribution in [1.82, 2.24) is 9.97 Å². The van der Waals surface area contributed by atoms with Crippen LogP contribution < -0.4 is 0 Å². The largest absolute Gasteiger partial charge is 0.298 e. The van der Waals surface area contributed by atoms with Crippen LogP contribution in [0.3, 0.4) is 0 Å². The van der Waals surface area contributed by atoms with Crippen LogP contribution in [0.25, 0.3) is 11.3 Å². The van der Waals surface area contributed by atoms with Crippen molar-refractivity contribution in [3.05, 3.63) is 78.0 Å². The van der Waals surface area contributed by atoms with E-state index in [0.717, 1.165) is 22.5 Å². The molecule has 0 aliphatic carbocycles. The third-order valence-corrected chi connectivity index (χ3v) is 4.83. The van der Waals surface area contributed by atoms with Crippen LogP contribution in [0.4, 0.5) is 0 Å². The minimum absolute atomic E-state index is 0.0950. The van der Waals surface area contributed by atoms with Crippen molar-refractivity contribution in [3.63, 3.8) is 0 Å². The van der Waals surface area contributed by atoms with E-state index < -0.39 is 0 Å². The molecule has 4 heteroatoms. The first-order valence-corrected chi connectivity index (χ1v) is 8.64. The quantitative estimate of drug-likeness (QED) is 0.493. The third-order valence-electron chi connectivity index (χ3n) is 3.60. The summed E-state index contributed by atoms with van der Waals surface area (Å²) in [4.78, 5) is 21.3. The van der Waals surface area contributed by atoms with Crippen LogP contribution in [-0.2, 0) is 4.79 Å². The molecule has 3 rings (SSSR count). The molecule has 3 aromatic rings. The van der Waals surface area contributed by atoms with Crippen LogP contribution >= 0.6 is 11.8 Å². The number of nitrogens with zero attached hydrogens (tertiary/aromatic N) is 2. The topological polar surface area (TPSA) is 42.9 Å². The monoisotopic (exact) mass is 334 g/mol. The standard InChI is InChI=1S/C20H18N2OS/c1-14-13-18(16-9-5-3-6-10-16)22-20(21-14)24-19(15(2)23)17-11-7-4-8-12-17/h3-13,19H,1-2H3/t19-/m1/s1. The van der Waals surface area contributed by atoms with Crippen LogP contribution in [-0.4, -0.2) is 15.8 Å². The number of aryl methyl sites for hydroxylation is 1. The number of Topliss-reactive ketones (excluding diaryl/α,β-unsaturated/α-hetero) is 1. The third kappa shape index (κ3) is 3.89. The van der Waals surface area contributed by atoms with Crippen molar-refractivity contribution in [3.8, 4) is 11.3 Å². The van der Waals surface area contributed by atoms with E-state index in [2.05, 4.69) is 9.97 Å². The smallest absolute Gasteiger partial charge is 0.189 e. The highest BCUT2D eigenvalue weighted by molar-refractivity contribution is 8.00. The Morgan fingerprint density at radius 2 is 1.58 bits per heavy atom. The maximum absolute atomic E-state index is 12.1. The van der Waals surface area contributed by atoms with Gasteiger partial charge in [-0.25, -0.2) is 9.97 Å². The average molecular weight is 334 g/mol. The van der Waals surface area contributed by atoms with Gasteiger partial charge in [0.2, 0.25) is 0 Å². The van der Waals surface area contributed by atoms with Gasteiger partial charge < -0.3 is 0 Å². The molecule has 0 aliphatic heterocycles. The summed E-state index contributed by atoms with van der Waals surface area (Å²) in [7, 11) is 0. The molecule has 0 amide bonds. The summed E-state index contributed by atoms with van der Waals surface area (Å²) in [5, 5.41) is 0.328. The molecule has 0 fully saturated rings. The molecule has 120 valence electrons. The zero-order chi connectivity index (χ0) is 16.9. The molecular formula is C20H18N2OS. The Kier molecular flexibility index (Phi) is 5.06. The molecule has 0 bridgehead atoms. The van der Waals surface area contributed by atoms with E-state index in [0.29, 0.717) is 5.16 Å². The van der Waals surface area contributed by atoms with Gasteiger partial charge in [0.15, 0.2) is 5.16 Å². The normalized spacial score (nSPS) is 11.9. The highest BCUT2D eigenvalue weighted by Crippen LogP contribution is 2.35. The first-order chi connectivity index (χ1) is 11.6. The van der Waals surface area contributed by atoms with Gasteiger partial charge in [-0.15, -0.1) is 0 Å². The van der Waals surface area contributed by atoms with Crippen molar-refractivity contribution in [2.75, 3.05) is 0 Å². The van der Waals surface area contributed by atoms with Gasteiger partial charge in [0.05, 0.1) is 10.9 Å². The van der Waals surface area contributed by atoms with Gasteiger partial charge in [-0.05, 0) is 25.5 Å². The summed E-state index contributed by atoms with van der Waals surface area (Å²) >= 11 is 1.40. The molecular weight excluding hydrogens is 316 g/mol. The molecule has 0 saturated carbocycles. The molecule has 1 atom stereocenters. The number of carbonyl (C=O) groups is 1. The molecule has 2 aromatic carbocycles. The van der Waals surface area contributed by atoms with Gasteiger partial charge in [-0.3, -0.25) is 4.79 Å². The lowest BCUT2D eigenvalue weighted by Crippen LogP contribution is -2.06. The minimum Gasteiger partial charge on any atom is -0.298 e. The fourth-order valence-electron chi connectivity index (χ4n) is 2.47. The van der Waals surface area contributed by atoms with Crippen LogP contribution in [0.2, 0.25) is 0 Å². The lowest BCUT2D eigenvalue weighted by atomic mass is 10.1. The Morgan fingerprint density at radius 3 is 2.21 bits per heavy atom. The number of rotatable bonds is 5. The summed E-state index contributed by atoms with van der Waals surface area (Å²) in [6.45, 7) is 3.56. The second kappa shape index (κ2) is 7.41. The van der Waals surface area contributed by atoms with E-state index >= 15 is 0 Å². The summed E-state index contributed by atoms with van der Waals surface area (Å²) in [6.07, 6.45) is 0. The molecule has 1 heterocycles. The second-order valence-corrected chi connectivity index (χ2v) is 6.63. The first-order valence-electron chi connectivity index (χ1n) is 7.76. The zero-order valence-corrected chi connectivity index (χ0v) is 14.5. The molecule has 0 aliphatic rings. The highest BCUT2D eigenvalue weighted by atomic mass is 32.2. The molecule has 3 nitrogen and oxygen atoms in total. The summed E-state index contributed by atoms with van der Waals surface area (Å²) < 4.78 is 0. The van der Waals surface area contributed by atoms with Crippen molar-refractivity contribution in [2.45, 2.75) is 24.3 Å². The minimum atomic E-state index is -0.295. The summed E-state index contributed by atoms with van der Waals surface area (Å²) in [5.74, 6) is 0.0950. The van der Waals surface area contributed by atoms with Crippen molar-refractivity contribution < 1.29 is 4.79 Å². The van der Waals surface area contributed by atoms with E-state index in [-0.39, 0.29) is 11.0 Å². The number of benzene rings is 2. The Bertz CT molecular complexity index is 835. The van der Waals surface area contributed by atoms with Gasteiger partial charge >= 0.3 is 0 Å². The number of hydrogen-bond acceptors (Lipinski definition) is 4. The van der Waals surface area contributed by atoms with Gasteiger partial charge in [-0.1, -0.05) is 72.4 Å². The van der Waals surface area contributed by atoms with Crippen molar-refractivity contribution >= 4 is 17.5 Å². The van der Waals surface area contributed by atoms with E-state index in [9.17, 15) is 4.79 Å². The molecule has 0 saturated heterocycles. The predicted molar refractivity (Wildman–Crippen MR) is 97.9 cm³/mol. The number of ketones is 1. The number of aromatic nitrogens is 2. The number of hydrogen-bond donors (Lipinski definition) is 0. The summed E-state index contributed by atoms with van der Waals surface area (Å²) in [6, 6.07) is 21.7. The Labute approximate surface area is 146 Å². The predicted octanol–water partition coefficient (Wildman–Crippen LogP) is 4.87. The van der Waals surface area contributed by atoms with Crippen molar-refractivity contribution in [2.24, 2.45) is 0 Å². The lowest BCUT2D eigenvalue weighted by Gasteiger charge is -2.14. The Morgan fingerprint density at radius 1 is 0.958 bits per heavy atom. The van der Waals surface area contributed by atoms with E-state index in [4.69, 9.17) is 0 Å². The number of carbonyl (C=O) groups excluding carboxylic acids is 1. The second-order valence-electron chi connectivity index (χ2n) is 5.56. The van der Waals surface area contributed by atoms with Crippen LogP contribution in [0.1, 0.15) is 23.4 Å². The Hall–Kier alpha value is -2.46. The molecule has 1 aromatic heterocycles. The van der Waals surface area contributed by atoms with E-state index in [1.165, 1.54) is 11.8 Å². The van der Waals surface area contributed by atoms with Gasteiger partial charge in [0, 0.05) is 11.3 Å². The van der Waals surface area contributed by atoms with Gasteiger partial charge in [0.1, 0.15) is 5.78 Å². The molecule has 24 heavy (non-hydrogen) atoms. The van der Waals surface area contributed by atoms with E-state index in [1.54, 1.807) is 6.92 Å². The SMILES string of the molecule is CC(=O)[C@@H](Sc1nc(C)cc(-c2ccccc2)n1)c1ccccc1. The molecule has 0 radical (unpaired) electrons. The molecule has 0 spiro atoms. The lowest BCUT2D eigenvalue weighted by molar-refractivity contribution is -0.116. The highest BCUT2D eigenvalue weighted by Gasteiger charge is 2.20. The van der Waals surface area contributed by atoms with Crippen LogP contribution in [0.15, 0.2) is 71.9 Å². The first kappa shape index (κ1) is 16.4. The summed E-state index contributed by atoms with van der Waals surface area (Å²) in [5.41, 5.74) is 3.79. The fraction of sp³-hybridized carbons (Fsp3) is 0.150. The Balaban J connectivity index is 1.94. The number of thioether (sulfide) groups is 1. The van der Waals surface area contributed by atoms with Crippen LogP contribution in [0.5, 0.6) is 0 Å². The zero-order valence-electron chi connectivity index (χ0n) is 13.6. The molecule has 0 N–H and O–H groups in total. The maximum Gasteiger partial charge on any atom is 0.189 e. The van der Waals surface area contributed by atoms with Gasteiger partial charge in [-0.2, -0.15) is 0 Å².